The molecule has 0 unspecified atom stereocenters. The number of aromatic nitrogens is 4. The van der Waals surface area contributed by atoms with Gasteiger partial charge in [0.15, 0.2) is 0 Å². The number of aliphatic carboxylic acids is 1. The summed E-state index contributed by atoms with van der Waals surface area (Å²) in [6.45, 7) is 0. The molecule has 86 valence electrons. The van der Waals surface area contributed by atoms with E-state index in [1.165, 1.54) is 4.80 Å². The van der Waals surface area contributed by atoms with Crippen LogP contribution in [0.1, 0.15) is 12.8 Å². The van der Waals surface area contributed by atoms with Crippen LogP contribution < -0.4 is 10.6 Å². The van der Waals surface area contributed by atoms with Crippen LogP contribution in [0.2, 0.25) is 0 Å². The van der Waals surface area contributed by atoms with E-state index in [9.17, 15) is 9.59 Å². The lowest BCUT2D eigenvalue weighted by molar-refractivity contribution is -0.140. The molecule has 0 aliphatic heterocycles. The van der Waals surface area contributed by atoms with E-state index in [4.69, 9.17) is 5.11 Å². The van der Waals surface area contributed by atoms with Gasteiger partial charge in [-0.2, -0.15) is 4.80 Å². The van der Waals surface area contributed by atoms with Crippen LogP contribution in [0.25, 0.3) is 0 Å². The van der Waals surface area contributed by atoms with Crippen molar-refractivity contribution in [2.75, 3.05) is 5.32 Å². The van der Waals surface area contributed by atoms with Gasteiger partial charge in [-0.05, 0) is 18.1 Å². The number of urea groups is 1. The molecule has 1 aliphatic carbocycles. The number of carboxylic acids is 1. The largest absolute Gasteiger partial charge is 0.480 e. The molecule has 3 N–H and O–H groups in total. The van der Waals surface area contributed by atoms with Crippen LogP contribution >= 0.6 is 0 Å². The number of carboxylic acid groups (broad SMARTS) is 1. The van der Waals surface area contributed by atoms with Crippen LogP contribution in [-0.2, 0) is 11.8 Å². The summed E-state index contributed by atoms with van der Waals surface area (Å²) in [6.07, 6.45) is 0.868. The maximum absolute atomic E-state index is 11.4. The number of hydrogen-bond donors (Lipinski definition) is 3. The summed E-state index contributed by atoms with van der Waals surface area (Å²) in [6, 6.07) is -0.645. The summed E-state index contributed by atoms with van der Waals surface area (Å²) in [5, 5.41) is 24.3. The number of aryl methyl sites for hydroxylation is 1. The molecule has 2 amide bonds. The van der Waals surface area contributed by atoms with Crippen LogP contribution in [0.3, 0.4) is 0 Å². The minimum Gasteiger partial charge on any atom is -0.480 e. The number of nitrogens with zero attached hydrogens (tertiary/aromatic N) is 4. The first-order valence-electron chi connectivity index (χ1n) is 4.58. The number of nitrogens with one attached hydrogen (secondary N) is 2. The summed E-state index contributed by atoms with van der Waals surface area (Å²) < 4.78 is 0. The van der Waals surface area contributed by atoms with Gasteiger partial charge in [0, 0.05) is 0 Å². The number of rotatable bonds is 3. The molecule has 9 heteroatoms. The fourth-order valence-corrected chi connectivity index (χ4v) is 1.20. The first kappa shape index (κ1) is 10.3. The number of tetrazole rings is 1. The Kier molecular flexibility index (Phi) is 2.22. The van der Waals surface area contributed by atoms with Crippen LogP contribution in [0, 0.1) is 0 Å². The molecular weight excluding hydrogens is 216 g/mol. The van der Waals surface area contributed by atoms with Crippen molar-refractivity contribution in [3.8, 4) is 0 Å². The second kappa shape index (κ2) is 3.43. The number of carbonyl (C=O) groups is 2. The highest BCUT2D eigenvalue weighted by Crippen LogP contribution is 2.35. The van der Waals surface area contributed by atoms with E-state index in [2.05, 4.69) is 26.0 Å². The smallest absolute Gasteiger partial charge is 0.329 e. The Hall–Kier alpha value is -2.19. The third-order valence-electron chi connectivity index (χ3n) is 2.25. The monoisotopic (exact) mass is 226 g/mol. The number of carbonyl (C=O) groups excluding carboxylic acids is 1. The Morgan fingerprint density at radius 3 is 2.62 bits per heavy atom. The average molecular weight is 226 g/mol. The van der Waals surface area contributed by atoms with Crippen LogP contribution in [0.15, 0.2) is 0 Å². The lowest BCUT2D eigenvalue weighted by Crippen LogP contribution is -2.45. The molecule has 16 heavy (non-hydrogen) atoms. The first-order chi connectivity index (χ1) is 7.52. The summed E-state index contributed by atoms with van der Waals surface area (Å²) in [7, 11) is 1.55. The molecule has 1 saturated carbocycles. The molecular formula is C7H10N6O3. The van der Waals surface area contributed by atoms with Gasteiger partial charge in [0.05, 0.1) is 7.05 Å². The van der Waals surface area contributed by atoms with Gasteiger partial charge < -0.3 is 10.4 Å². The van der Waals surface area contributed by atoms with Crippen LogP contribution in [0.4, 0.5) is 10.7 Å². The predicted octanol–water partition coefficient (Wildman–Crippen LogP) is -1.05. The Balaban J connectivity index is 1.92. The summed E-state index contributed by atoms with van der Waals surface area (Å²) >= 11 is 0. The van der Waals surface area contributed by atoms with Gasteiger partial charge in [0.25, 0.3) is 5.95 Å². The zero-order valence-electron chi connectivity index (χ0n) is 8.47. The van der Waals surface area contributed by atoms with E-state index in [0.717, 1.165) is 0 Å². The van der Waals surface area contributed by atoms with Crippen molar-refractivity contribution in [2.45, 2.75) is 18.4 Å². The number of amides is 2. The Bertz CT molecular complexity index is 437. The number of anilines is 1. The van der Waals surface area contributed by atoms with E-state index < -0.39 is 17.5 Å². The highest BCUT2D eigenvalue weighted by Gasteiger charge is 2.51. The van der Waals surface area contributed by atoms with Gasteiger partial charge in [0.1, 0.15) is 5.54 Å². The van der Waals surface area contributed by atoms with E-state index in [1.54, 1.807) is 7.05 Å². The van der Waals surface area contributed by atoms with Crippen LogP contribution in [-0.4, -0.2) is 42.9 Å². The van der Waals surface area contributed by atoms with Crippen LogP contribution in [0.5, 0.6) is 0 Å². The predicted molar refractivity (Wildman–Crippen MR) is 50.6 cm³/mol. The molecule has 0 saturated heterocycles. The molecule has 9 nitrogen and oxygen atoms in total. The first-order valence-corrected chi connectivity index (χ1v) is 4.58. The average Bonchev–Trinajstić information content (AvgIpc) is 2.85. The van der Waals surface area contributed by atoms with Gasteiger partial charge in [-0.3, -0.25) is 5.32 Å². The van der Waals surface area contributed by atoms with Crippen molar-refractivity contribution in [2.24, 2.45) is 7.05 Å². The SMILES string of the molecule is Cn1nnc(NC(=O)NC2(C(=O)O)CC2)n1. The quantitative estimate of drug-likeness (QED) is 0.604. The highest BCUT2D eigenvalue weighted by atomic mass is 16.4. The molecule has 0 spiro atoms. The van der Waals surface area contributed by atoms with E-state index in [0.29, 0.717) is 12.8 Å². The number of hydrogen-bond acceptors (Lipinski definition) is 5. The van der Waals surface area contributed by atoms with Gasteiger partial charge in [-0.25, -0.2) is 9.59 Å². The molecule has 1 aliphatic rings. The van der Waals surface area contributed by atoms with Crippen molar-refractivity contribution in [1.29, 1.82) is 0 Å². The highest BCUT2D eigenvalue weighted by molar-refractivity contribution is 5.94. The molecule has 1 heterocycles. The van der Waals surface area contributed by atoms with Gasteiger partial charge in [-0.1, -0.05) is 5.10 Å². The normalized spacial score (nSPS) is 16.6. The molecule has 1 aromatic rings. The van der Waals surface area contributed by atoms with E-state index >= 15 is 0 Å². The fraction of sp³-hybridized carbons (Fsp3) is 0.571. The van der Waals surface area contributed by atoms with Crippen molar-refractivity contribution >= 4 is 17.9 Å². The topological polar surface area (TPSA) is 122 Å². The minimum absolute atomic E-state index is 0.0289. The third-order valence-corrected chi connectivity index (χ3v) is 2.25. The van der Waals surface area contributed by atoms with Crippen molar-refractivity contribution in [1.82, 2.24) is 25.5 Å². The van der Waals surface area contributed by atoms with Gasteiger partial charge >= 0.3 is 12.0 Å². The summed E-state index contributed by atoms with van der Waals surface area (Å²) in [5.41, 5.74) is -1.12. The Morgan fingerprint density at radius 1 is 1.50 bits per heavy atom. The standard InChI is InChI=1S/C7H10N6O3/c1-13-11-5(10-12-13)8-6(16)9-7(2-3-7)4(14)15/h2-3H2,1H3,(H,14,15)(H2,8,9,11,16). The molecule has 2 rings (SSSR count). The zero-order chi connectivity index (χ0) is 11.8. The Labute approximate surface area is 89.8 Å². The maximum Gasteiger partial charge on any atom is 0.329 e. The second-order valence-corrected chi connectivity index (χ2v) is 3.57. The molecule has 0 radical (unpaired) electrons. The van der Waals surface area contributed by atoms with Crippen molar-refractivity contribution in [3.63, 3.8) is 0 Å². The molecule has 0 atom stereocenters. The van der Waals surface area contributed by atoms with Crippen molar-refractivity contribution < 1.29 is 14.7 Å². The van der Waals surface area contributed by atoms with E-state index in [1.807, 2.05) is 0 Å². The molecule has 1 fully saturated rings. The minimum atomic E-state index is -1.12. The lowest BCUT2D eigenvalue weighted by Gasteiger charge is -2.11. The van der Waals surface area contributed by atoms with E-state index in [-0.39, 0.29) is 5.95 Å². The molecule has 0 bridgehead atoms. The summed E-state index contributed by atoms with van der Waals surface area (Å²) in [5.74, 6) is -1.00. The molecule has 0 aromatic carbocycles. The fourth-order valence-electron chi connectivity index (χ4n) is 1.20. The van der Waals surface area contributed by atoms with Gasteiger partial charge in [-0.15, -0.1) is 5.10 Å². The maximum atomic E-state index is 11.4. The second-order valence-electron chi connectivity index (χ2n) is 3.57. The zero-order valence-corrected chi connectivity index (χ0v) is 8.47. The summed E-state index contributed by atoms with van der Waals surface area (Å²) in [4.78, 5) is 23.3. The lowest BCUT2D eigenvalue weighted by atomic mass is 10.3. The Morgan fingerprint density at radius 2 is 2.19 bits per heavy atom. The third kappa shape index (κ3) is 1.92. The van der Waals surface area contributed by atoms with Crippen molar-refractivity contribution in [3.05, 3.63) is 0 Å². The molecule has 1 aromatic heterocycles. The van der Waals surface area contributed by atoms with Gasteiger partial charge in [0.2, 0.25) is 0 Å².